The number of likely N-dealkylation sites (tertiary alicyclic amines) is 1. The first-order valence-corrected chi connectivity index (χ1v) is 11.3. The highest BCUT2D eigenvalue weighted by molar-refractivity contribution is 9.10. The highest BCUT2D eigenvalue weighted by Gasteiger charge is 2.28. The third-order valence-electron chi connectivity index (χ3n) is 5.45. The molecule has 0 unspecified atom stereocenters. The predicted molar refractivity (Wildman–Crippen MR) is 119 cm³/mol. The summed E-state index contributed by atoms with van der Waals surface area (Å²) in [5.74, 6) is 0.413. The Labute approximate surface area is 180 Å². The number of hydrogen-bond acceptors (Lipinski definition) is 4. The molecule has 4 aromatic rings. The summed E-state index contributed by atoms with van der Waals surface area (Å²) in [5, 5.41) is 11.4. The molecule has 0 radical (unpaired) electrons. The number of benzene rings is 2. The third-order valence-corrected chi connectivity index (χ3v) is 6.95. The number of para-hydroxylation sites is 1. The smallest absolute Gasteiger partial charge is 0.274 e. The van der Waals surface area contributed by atoms with Crippen molar-refractivity contribution in [2.75, 3.05) is 13.1 Å². The topological polar surface area (TPSA) is 61.9 Å². The number of carbonyl (C=O) groups is 1. The van der Waals surface area contributed by atoms with E-state index < -0.39 is 0 Å². The quantitative estimate of drug-likeness (QED) is 0.435. The second kappa shape index (κ2) is 7.72. The zero-order chi connectivity index (χ0) is 19.8. The molecule has 2 aromatic heterocycles. The van der Waals surface area contributed by atoms with Crippen molar-refractivity contribution in [3.05, 3.63) is 69.1 Å². The molecular formula is C22H19BrN4OS. The maximum Gasteiger partial charge on any atom is 0.274 e. The first-order chi connectivity index (χ1) is 14.2. The molecule has 0 saturated carbocycles. The SMILES string of the molecule is O=C(c1n[nH]c2ccccc12)N1CCC(c2nc(-c3cccc(Br)c3)cs2)CC1. The second-order valence-corrected chi connectivity index (χ2v) is 9.07. The number of halogens is 1. The van der Waals surface area contributed by atoms with Crippen molar-refractivity contribution >= 4 is 44.1 Å². The molecule has 3 heterocycles. The lowest BCUT2D eigenvalue weighted by Crippen LogP contribution is -2.38. The number of piperidine rings is 1. The van der Waals surface area contributed by atoms with Crippen molar-refractivity contribution in [2.24, 2.45) is 0 Å². The van der Waals surface area contributed by atoms with Gasteiger partial charge < -0.3 is 4.90 Å². The molecule has 7 heteroatoms. The lowest BCUT2D eigenvalue weighted by molar-refractivity contribution is 0.0709. The van der Waals surface area contributed by atoms with E-state index in [1.807, 2.05) is 41.3 Å². The van der Waals surface area contributed by atoms with E-state index in [0.29, 0.717) is 11.6 Å². The fourth-order valence-electron chi connectivity index (χ4n) is 3.86. The third kappa shape index (κ3) is 3.60. The van der Waals surface area contributed by atoms with Gasteiger partial charge in [0.1, 0.15) is 0 Å². The molecule has 1 saturated heterocycles. The van der Waals surface area contributed by atoms with E-state index >= 15 is 0 Å². The number of hydrogen-bond donors (Lipinski definition) is 1. The molecular weight excluding hydrogens is 448 g/mol. The Hall–Kier alpha value is -2.51. The highest BCUT2D eigenvalue weighted by atomic mass is 79.9. The van der Waals surface area contributed by atoms with Crippen molar-refractivity contribution in [1.82, 2.24) is 20.1 Å². The second-order valence-electron chi connectivity index (χ2n) is 7.27. The van der Waals surface area contributed by atoms with Crippen LogP contribution in [0.4, 0.5) is 0 Å². The molecule has 2 aromatic carbocycles. The summed E-state index contributed by atoms with van der Waals surface area (Å²) in [6.45, 7) is 1.47. The van der Waals surface area contributed by atoms with E-state index in [-0.39, 0.29) is 5.91 Å². The van der Waals surface area contributed by atoms with Crippen molar-refractivity contribution in [2.45, 2.75) is 18.8 Å². The zero-order valence-corrected chi connectivity index (χ0v) is 18.0. The molecule has 146 valence electrons. The molecule has 5 nitrogen and oxygen atoms in total. The van der Waals surface area contributed by atoms with Crippen molar-refractivity contribution < 1.29 is 4.79 Å². The number of aromatic nitrogens is 3. The molecule has 1 fully saturated rings. The van der Waals surface area contributed by atoms with Crippen LogP contribution in [0.25, 0.3) is 22.2 Å². The molecule has 29 heavy (non-hydrogen) atoms. The van der Waals surface area contributed by atoms with E-state index in [4.69, 9.17) is 4.98 Å². The number of carbonyl (C=O) groups excluding carboxylic acids is 1. The molecule has 0 bridgehead atoms. The van der Waals surface area contributed by atoms with Gasteiger partial charge in [0.05, 0.1) is 16.2 Å². The summed E-state index contributed by atoms with van der Waals surface area (Å²) >= 11 is 5.24. The number of amides is 1. The average molecular weight is 467 g/mol. The van der Waals surface area contributed by atoms with Gasteiger partial charge in [0.25, 0.3) is 5.91 Å². The lowest BCUT2D eigenvalue weighted by Gasteiger charge is -2.30. The first-order valence-electron chi connectivity index (χ1n) is 9.63. The highest BCUT2D eigenvalue weighted by Crippen LogP contribution is 2.34. The van der Waals surface area contributed by atoms with Crippen LogP contribution in [-0.4, -0.2) is 39.1 Å². The maximum atomic E-state index is 13.0. The van der Waals surface area contributed by atoms with Crippen LogP contribution in [0.15, 0.2) is 58.4 Å². The number of fused-ring (bicyclic) bond motifs is 1. The number of nitrogens with one attached hydrogen (secondary N) is 1. The van der Waals surface area contributed by atoms with Crippen LogP contribution < -0.4 is 0 Å². The number of thiazole rings is 1. The molecule has 1 aliphatic heterocycles. The van der Waals surface area contributed by atoms with Gasteiger partial charge in [-0.05, 0) is 31.0 Å². The molecule has 1 amide bonds. The van der Waals surface area contributed by atoms with Crippen molar-refractivity contribution in [1.29, 1.82) is 0 Å². The zero-order valence-electron chi connectivity index (χ0n) is 15.6. The Morgan fingerprint density at radius 1 is 1.14 bits per heavy atom. The van der Waals surface area contributed by atoms with Crippen molar-refractivity contribution in [3.8, 4) is 11.3 Å². The fraction of sp³-hybridized carbons (Fsp3) is 0.227. The monoisotopic (exact) mass is 466 g/mol. The first kappa shape index (κ1) is 18.5. The van der Waals surface area contributed by atoms with E-state index in [1.165, 1.54) is 0 Å². The van der Waals surface area contributed by atoms with E-state index in [0.717, 1.165) is 57.6 Å². The minimum Gasteiger partial charge on any atom is -0.337 e. The standard InChI is InChI=1S/C22H19BrN4OS/c23-16-5-3-4-15(12-16)19-13-29-21(24-19)14-8-10-27(11-9-14)22(28)20-17-6-1-2-7-18(17)25-26-20/h1-7,12-14H,8-11H2,(H,25,26). The number of H-pyrrole nitrogens is 1. The van der Waals surface area contributed by atoms with Crippen molar-refractivity contribution in [3.63, 3.8) is 0 Å². The summed E-state index contributed by atoms with van der Waals surface area (Å²) in [6, 6.07) is 16.0. The van der Waals surface area contributed by atoms with Gasteiger partial charge in [-0.3, -0.25) is 9.89 Å². The Morgan fingerprint density at radius 2 is 1.97 bits per heavy atom. The van der Waals surface area contributed by atoms with E-state index in [1.54, 1.807) is 11.3 Å². The fourth-order valence-corrected chi connectivity index (χ4v) is 5.26. The number of rotatable bonds is 3. The van der Waals surface area contributed by atoms with Crippen LogP contribution in [0.2, 0.25) is 0 Å². The molecule has 5 rings (SSSR count). The van der Waals surface area contributed by atoms with Gasteiger partial charge in [0.2, 0.25) is 0 Å². The van der Waals surface area contributed by atoms with E-state index in [2.05, 4.69) is 43.6 Å². The number of nitrogens with zero attached hydrogens (tertiary/aromatic N) is 3. The molecule has 1 aliphatic rings. The van der Waals surface area contributed by atoms with Crippen LogP contribution >= 0.6 is 27.3 Å². The summed E-state index contributed by atoms with van der Waals surface area (Å²) in [5.41, 5.74) is 3.56. The predicted octanol–water partition coefficient (Wildman–Crippen LogP) is 5.47. The molecule has 1 N–H and O–H groups in total. The number of aromatic amines is 1. The Kier molecular flexibility index (Phi) is 4.93. The average Bonchev–Trinajstić information content (AvgIpc) is 3.41. The maximum absolute atomic E-state index is 13.0. The summed E-state index contributed by atoms with van der Waals surface area (Å²) < 4.78 is 1.06. The van der Waals surface area contributed by atoms with Crippen LogP contribution in [0.1, 0.15) is 34.3 Å². The van der Waals surface area contributed by atoms with Crippen LogP contribution in [0.5, 0.6) is 0 Å². The van der Waals surface area contributed by atoms with Gasteiger partial charge in [-0.1, -0.05) is 46.3 Å². The van der Waals surface area contributed by atoms with Gasteiger partial charge in [0, 0.05) is 39.8 Å². The Bertz CT molecular complexity index is 1180. The minimum absolute atomic E-state index is 0.00913. The van der Waals surface area contributed by atoms with Crippen LogP contribution in [0, 0.1) is 0 Å². The van der Waals surface area contributed by atoms with Gasteiger partial charge >= 0.3 is 0 Å². The van der Waals surface area contributed by atoms with Crippen LogP contribution in [-0.2, 0) is 0 Å². The van der Waals surface area contributed by atoms with Gasteiger partial charge in [-0.25, -0.2) is 4.98 Å². The minimum atomic E-state index is 0.00913. The summed E-state index contributed by atoms with van der Waals surface area (Å²) in [4.78, 5) is 19.8. The Morgan fingerprint density at radius 3 is 2.79 bits per heavy atom. The largest absolute Gasteiger partial charge is 0.337 e. The van der Waals surface area contributed by atoms with E-state index in [9.17, 15) is 4.79 Å². The summed E-state index contributed by atoms with van der Waals surface area (Å²) in [7, 11) is 0. The van der Waals surface area contributed by atoms with Gasteiger partial charge in [0.15, 0.2) is 5.69 Å². The van der Waals surface area contributed by atoms with Gasteiger partial charge in [-0.2, -0.15) is 5.10 Å². The van der Waals surface area contributed by atoms with Gasteiger partial charge in [-0.15, -0.1) is 11.3 Å². The molecule has 0 aliphatic carbocycles. The Balaban J connectivity index is 1.28. The normalized spacial score (nSPS) is 15.1. The molecule has 0 atom stereocenters. The summed E-state index contributed by atoms with van der Waals surface area (Å²) in [6.07, 6.45) is 1.86. The lowest BCUT2D eigenvalue weighted by atomic mass is 9.97. The molecule has 0 spiro atoms. The van der Waals surface area contributed by atoms with Crippen LogP contribution in [0.3, 0.4) is 0 Å².